The van der Waals surface area contributed by atoms with Gasteiger partial charge in [-0.25, -0.2) is 8.42 Å². The molecule has 0 aliphatic heterocycles. The molecule has 7 heteroatoms. The number of benzene rings is 2. The van der Waals surface area contributed by atoms with Gasteiger partial charge in [0.25, 0.3) is 10.0 Å². The smallest absolute Gasteiger partial charge is 0.263 e. The molecule has 0 bridgehead atoms. The maximum Gasteiger partial charge on any atom is 0.263 e. The first-order chi connectivity index (χ1) is 9.29. The molecule has 3 nitrogen and oxygen atoms in total. The summed E-state index contributed by atoms with van der Waals surface area (Å²) in [6.07, 6.45) is 0. The first kappa shape index (κ1) is 15.8. The minimum atomic E-state index is -3.68. The number of anilines is 1. The van der Waals surface area contributed by atoms with Gasteiger partial charge in [-0.3, -0.25) is 4.72 Å². The van der Waals surface area contributed by atoms with E-state index < -0.39 is 10.0 Å². The van der Waals surface area contributed by atoms with E-state index in [0.29, 0.717) is 15.2 Å². The quantitative estimate of drug-likeness (QED) is 0.734. The minimum Gasteiger partial charge on any atom is -0.279 e. The van der Waals surface area contributed by atoms with Crippen LogP contribution in [0.3, 0.4) is 0 Å². The summed E-state index contributed by atoms with van der Waals surface area (Å²) in [4.78, 5) is 0.167. The van der Waals surface area contributed by atoms with E-state index in [4.69, 9.17) is 11.6 Å². The highest BCUT2D eigenvalue weighted by molar-refractivity contribution is 9.11. The van der Waals surface area contributed by atoms with Gasteiger partial charge >= 0.3 is 0 Å². The van der Waals surface area contributed by atoms with Crippen LogP contribution in [0.4, 0.5) is 5.69 Å². The van der Waals surface area contributed by atoms with E-state index in [1.807, 2.05) is 6.92 Å². The van der Waals surface area contributed by atoms with E-state index in [9.17, 15) is 8.42 Å². The summed E-state index contributed by atoms with van der Waals surface area (Å²) >= 11 is 12.4. The van der Waals surface area contributed by atoms with E-state index in [1.165, 1.54) is 6.07 Å². The lowest BCUT2D eigenvalue weighted by Crippen LogP contribution is -2.14. The number of nitrogens with one attached hydrogen (secondary N) is 1. The second-order valence-electron chi connectivity index (χ2n) is 4.14. The molecule has 0 aliphatic carbocycles. The molecule has 0 atom stereocenters. The van der Waals surface area contributed by atoms with Crippen molar-refractivity contribution in [3.8, 4) is 0 Å². The summed E-state index contributed by atoms with van der Waals surface area (Å²) in [6, 6.07) is 9.93. The number of aryl methyl sites for hydroxylation is 1. The van der Waals surface area contributed by atoms with E-state index in [0.717, 1.165) is 10.0 Å². The van der Waals surface area contributed by atoms with Gasteiger partial charge in [-0.2, -0.15) is 0 Å². The van der Waals surface area contributed by atoms with Crippen LogP contribution in [0.5, 0.6) is 0 Å². The average molecular weight is 440 g/mol. The zero-order valence-electron chi connectivity index (χ0n) is 10.3. The topological polar surface area (TPSA) is 46.2 Å². The third-order valence-corrected chi connectivity index (χ3v) is 5.70. The Balaban J connectivity index is 2.43. The fraction of sp³-hybridized carbons (Fsp3) is 0.0769. The third kappa shape index (κ3) is 3.55. The third-order valence-electron chi connectivity index (χ3n) is 2.63. The number of rotatable bonds is 3. The lowest BCUT2D eigenvalue weighted by molar-refractivity contribution is 0.600. The average Bonchev–Trinajstić information content (AvgIpc) is 2.33. The summed E-state index contributed by atoms with van der Waals surface area (Å²) in [6.45, 7) is 1.81. The normalized spacial score (nSPS) is 11.4. The maximum absolute atomic E-state index is 12.4. The first-order valence-corrected chi connectivity index (χ1v) is 8.98. The van der Waals surface area contributed by atoms with Gasteiger partial charge in [0.2, 0.25) is 0 Å². The second kappa shape index (κ2) is 6.05. The molecule has 20 heavy (non-hydrogen) atoms. The molecule has 106 valence electrons. The number of hydrogen-bond acceptors (Lipinski definition) is 2. The van der Waals surface area contributed by atoms with Crippen LogP contribution in [-0.4, -0.2) is 8.42 Å². The fourth-order valence-electron chi connectivity index (χ4n) is 1.60. The number of sulfonamides is 1. The standard InChI is InChI=1S/C13H10Br2ClNO2S/c1-8-2-4-10(16)7-12(8)17-20(18,19)13-5-3-9(14)6-11(13)15/h2-7,17H,1H3. The van der Waals surface area contributed by atoms with Gasteiger partial charge in [0.15, 0.2) is 0 Å². The van der Waals surface area contributed by atoms with Crippen LogP contribution in [0.2, 0.25) is 5.02 Å². The Labute approximate surface area is 139 Å². The van der Waals surface area contributed by atoms with Crippen molar-refractivity contribution in [1.82, 2.24) is 0 Å². The highest BCUT2D eigenvalue weighted by Gasteiger charge is 2.18. The summed E-state index contributed by atoms with van der Waals surface area (Å²) in [7, 11) is -3.68. The zero-order valence-corrected chi connectivity index (χ0v) is 15.1. The molecule has 0 fully saturated rings. The molecule has 0 saturated heterocycles. The molecule has 0 radical (unpaired) electrons. The Morgan fingerprint density at radius 3 is 2.45 bits per heavy atom. The Bertz CT molecular complexity index is 763. The molecular weight excluding hydrogens is 429 g/mol. The Morgan fingerprint density at radius 2 is 1.80 bits per heavy atom. The van der Waals surface area contributed by atoms with Gasteiger partial charge in [0.1, 0.15) is 4.90 Å². The molecule has 0 unspecified atom stereocenters. The minimum absolute atomic E-state index is 0.167. The lowest BCUT2D eigenvalue weighted by Gasteiger charge is -2.12. The van der Waals surface area contributed by atoms with E-state index in [-0.39, 0.29) is 4.90 Å². The van der Waals surface area contributed by atoms with Gasteiger partial charge in [-0.1, -0.05) is 33.6 Å². The predicted molar refractivity (Wildman–Crippen MR) is 88.8 cm³/mol. The summed E-state index contributed by atoms with van der Waals surface area (Å²) in [5.74, 6) is 0. The van der Waals surface area contributed by atoms with Gasteiger partial charge < -0.3 is 0 Å². The van der Waals surface area contributed by atoms with Crippen molar-refractivity contribution in [2.45, 2.75) is 11.8 Å². The van der Waals surface area contributed by atoms with Crippen LogP contribution in [-0.2, 0) is 10.0 Å². The van der Waals surface area contributed by atoms with Crippen molar-refractivity contribution < 1.29 is 8.42 Å². The first-order valence-electron chi connectivity index (χ1n) is 5.53. The van der Waals surface area contributed by atoms with Gasteiger partial charge in [0, 0.05) is 14.0 Å². The summed E-state index contributed by atoms with van der Waals surface area (Å²) in [5, 5.41) is 0.475. The Kier molecular flexibility index (Phi) is 4.79. The Hall–Kier alpha value is -0.560. The molecule has 0 heterocycles. The van der Waals surface area contributed by atoms with Crippen LogP contribution in [0.25, 0.3) is 0 Å². The highest BCUT2D eigenvalue weighted by atomic mass is 79.9. The summed E-state index contributed by atoms with van der Waals surface area (Å²) in [5.41, 5.74) is 1.26. The molecule has 0 aromatic heterocycles. The summed E-state index contributed by atoms with van der Waals surface area (Å²) < 4.78 is 28.6. The zero-order chi connectivity index (χ0) is 14.9. The van der Waals surface area contributed by atoms with Crippen molar-refractivity contribution in [2.75, 3.05) is 4.72 Å². The van der Waals surface area contributed by atoms with Crippen LogP contribution in [0.15, 0.2) is 50.2 Å². The molecular formula is C13H10Br2ClNO2S. The van der Waals surface area contributed by atoms with Crippen LogP contribution < -0.4 is 4.72 Å². The fourth-order valence-corrected chi connectivity index (χ4v) is 4.64. The molecule has 1 N–H and O–H groups in total. The SMILES string of the molecule is Cc1ccc(Cl)cc1NS(=O)(=O)c1ccc(Br)cc1Br. The van der Waals surface area contributed by atoms with E-state index in [1.54, 1.807) is 30.3 Å². The predicted octanol–water partition coefficient (Wildman–Crippen LogP) is 4.97. The number of halogens is 3. The van der Waals surface area contributed by atoms with Crippen LogP contribution in [0.1, 0.15) is 5.56 Å². The van der Waals surface area contributed by atoms with Crippen molar-refractivity contribution in [2.24, 2.45) is 0 Å². The van der Waals surface area contributed by atoms with Crippen molar-refractivity contribution in [1.29, 1.82) is 0 Å². The molecule has 2 rings (SSSR count). The Morgan fingerprint density at radius 1 is 1.10 bits per heavy atom. The van der Waals surface area contributed by atoms with Gasteiger partial charge in [0.05, 0.1) is 5.69 Å². The van der Waals surface area contributed by atoms with Gasteiger partial charge in [-0.15, -0.1) is 0 Å². The molecule has 2 aromatic rings. The van der Waals surface area contributed by atoms with Crippen LogP contribution >= 0.6 is 43.5 Å². The second-order valence-corrected chi connectivity index (χ2v) is 8.00. The van der Waals surface area contributed by atoms with Crippen molar-refractivity contribution in [3.63, 3.8) is 0 Å². The molecule has 2 aromatic carbocycles. The van der Waals surface area contributed by atoms with E-state index in [2.05, 4.69) is 36.6 Å². The number of hydrogen-bond donors (Lipinski definition) is 1. The van der Waals surface area contributed by atoms with E-state index >= 15 is 0 Å². The molecule has 0 spiro atoms. The molecule has 0 amide bonds. The van der Waals surface area contributed by atoms with Crippen molar-refractivity contribution in [3.05, 3.63) is 55.9 Å². The maximum atomic E-state index is 12.4. The monoisotopic (exact) mass is 437 g/mol. The van der Waals surface area contributed by atoms with Crippen LogP contribution in [0, 0.1) is 6.92 Å². The molecule has 0 saturated carbocycles. The highest BCUT2D eigenvalue weighted by Crippen LogP contribution is 2.29. The van der Waals surface area contributed by atoms with Gasteiger partial charge in [-0.05, 0) is 58.7 Å². The lowest BCUT2D eigenvalue weighted by atomic mass is 10.2. The van der Waals surface area contributed by atoms with Crippen molar-refractivity contribution >= 4 is 59.2 Å². The largest absolute Gasteiger partial charge is 0.279 e. The molecule has 0 aliphatic rings.